The van der Waals surface area contributed by atoms with E-state index in [0.29, 0.717) is 0 Å². The molecule has 2 aromatic carbocycles. The minimum Gasteiger partial charge on any atom is -0.491 e. The van der Waals surface area contributed by atoms with Gasteiger partial charge < -0.3 is 10.1 Å². The molecule has 2 aromatic rings. The molecule has 0 bridgehead atoms. The van der Waals surface area contributed by atoms with E-state index < -0.39 is 27.8 Å². The highest BCUT2D eigenvalue weighted by Crippen LogP contribution is 2.31. The third-order valence-electron chi connectivity index (χ3n) is 4.77. The molecule has 2 rings (SSSR count). The number of ether oxygens (including phenoxy) is 1. The fraction of sp³-hybridized carbons (Fsp3) is 0.435. The first-order chi connectivity index (χ1) is 14.5. The summed E-state index contributed by atoms with van der Waals surface area (Å²) in [7, 11) is -3.89. The van der Waals surface area contributed by atoms with Gasteiger partial charge in [0, 0.05) is 0 Å². The van der Waals surface area contributed by atoms with E-state index in [0.717, 1.165) is 21.9 Å². The minimum atomic E-state index is -3.89. The molecule has 0 saturated heterocycles. The van der Waals surface area contributed by atoms with E-state index >= 15 is 0 Å². The summed E-state index contributed by atoms with van der Waals surface area (Å²) in [5.41, 5.74) is 0.806. The zero-order valence-electron chi connectivity index (χ0n) is 18.7. The van der Waals surface area contributed by atoms with Crippen molar-refractivity contribution < 1.29 is 22.3 Å². The maximum atomic E-state index is 14.3. The smallest absolute Gasteiger partial charge is 0.244 e. The molecular weight excluding hydrogens is 419 g/mol. The average molecular weight is 451 g/mol. The molecule has 31 heavy (non-hydrogen) atoms. The van der Waals surface area contributed by atoms with Gasteiger partial charge in [-0.2, -0.15) is 0 Å². The van der Waals surface area contributed by atoms with Gasteiger partial charge >= 0.3 is 0 Å². The molecule has 0 spiro atoms. The molecule has 0 radical (unpaired) electrons. The third kappa shape index (κ3) is 6.43. The Bertz CT molecular complexity index is 1000. The summed E-state index contributed by atoms with van der Waals surface area (Å²) in [5, 5.41) is 2.71. The second-order valence-electron chi connectivity index (χ2n) is 8.32. The lowest BCUT2D eigenvalue weighted by Gasteiger charge is -2.30. The second-order valence-corrected chi connectivity index (χ2v) is 10.2. The van der Waals surface area contributed by atoms with Crippen molar-refractivity contribution in [3.05, 3.63) is 59.9 Å². The van der Waals surface area contributed by atoms with Crippen molar-refractivity contribution in [2.24, 2.45) is 0 Å². The average Bonchev–Trinajstić information content (AvgIpc) is 2.68. The fourth-order valence-corrected chi connectivity index (χ4v) is 4.54. The van der Waals surface area contributed by atoms with Crippen LogP contribution in [-0.2, 0) is 20.2 Å². The number of halogens is 1. The lowest BCUT2D eigenvalue weighted by Crippen LogP contribution is -2.50. The van der Waals surface area contributed by atoms with E-state index in [1.54, 1.807) is 6.92 Å². The van der Waals surface area contributed by atoms with Crippen molar-refractivity contribution in [3.63, 3.8) is 0 Å². The Morgan fingerprint density at radius 2 is 1.74 bits per heavy atom. The molecule has 1 N–H and O–H groups in total. The number of carbonyl (C=O) groups is 1. The van der Waals surface area contributed by atoms with Gasteiger partial charge in [-0.15, -0.1) is 0 Å². The Labute approximate surface area is 184 Å². The van der Waals surface area contributed by atoms with Crippen LogP contribution in [0.15, 0.2) is 48.5 Å². The summed E-state index contributed by atoms with van der Waals surface area (Å²) in [5.74, 6) is -0.481. The Morgan fingerprint density at radius 3 is 2.32 bits per heavy atom. The number of benzene rings is 2. The number of anilines is 1. The molecule has 0 heterocycles. The third-order valence-corrected chi connectivity index (χ3v) is 5.94. The molecule has 1 atom stereocenters. The zero-order valence-corrected chi connectivity index (χ0v) is 19.5. The van der Waals surface area contributed by atoms with Crippen molar-refractivity contribution in [2.45, 2.75) is 45.6 Å². The molecule has 8 heteroatoms. The highest BCUT2D eigenvalue weighted by Gasteiger charge is 2.32. The number of amides is 1. The summed E-state index contributed by atoms with van der Waals surface area (Å²) >= 11 is 0. The molecule has 0 fully saturated rings. The van der Waals surface area contributed by atoms with E-state index in [2.05, 4.69) is 26.1 Å². The van der Waals surface area contributed by atoms with Gasteiger partial charge in [0.2, 0.25) is 15.9 Å². The summed E-state index contributed by atoms with van der Waals surface area (Å²) < 4.78 is 45.8. The number of sulfonamides is 1. The first-order valence-electron chi connectivity index (χ1n) is 10.2. The van der Waals surface area contributed by atoms with Crippen LogP contribution in [0.1, 0.15) is 39.7 Å². The molecule has 0 unspecified atom stereocenters. The van der Waals surface area contributed by atoms with Crippen LogP contribution in [0.3, 0.4) is 0 Å². The van der Waals surface area contributed by atoms with Crippen LogP contribution in [0.4, 0.5) is 10.1 Å². The Kier molecular flexibility index (Phi) is 8.06. The van der Waals surface area contributed by atoms with Gasteiger partial charge in [-0.3, -0.25) is 9.10 Å². The van der Waals surface area contributed by atoms with Crippen LogP contribution in [0.5, 0.6) is 5.75 Å². The molecule has 6 nitrogen and oxygen atoms in total. The molecule has 0 aliphatic heterocycles. The molecule has 0 aliphatic carbocycles. The SMILES string of the molecule is CC[C@@H](C(=O)NCCOc1ccccc1C(C)(C)C)N(c1ccccc1F)S(C)(=O)=O. The van der Waals surface area contributed by atoms with Crippen LogP contribution in [0.25, 0.3) is 0 Å². The van der Waals surface area contributed by atoms with Crippen molar-refractivity contribution in [1.29, 1.82) is 0 Å². The first-order valence-corrected chi connectivity index (χ1v) is 12.1. The Hall–Kier alpha value is -2.61. The van der Waals surface area contributed by atoms with E-state index in [1.165, 1.54) is 24.3 Å². The van der Waals surface area contributed by atoms with Gasteiger partial charge in [-0.1, -0.05) is 58.0 Å². The number of hydrogen-bond acceptors (Lipinski definition) is 4. The lowest BCUT2D eigenvalue weighted by atomic mass is 9.86. The van der Waals surface area contributed by atoms with Gasteiger partial charge in [-0.05, 0) is 35.6 Å². The van der Waals surface area contributed by atoms with Gasteiger partial charge in [0.1, 0.15) is 24.2 Å². The summed E-state index contributed by atoms with van der Waals surface area (Å²) in [6, 6.07) is 12.1. The molecule has 0 aromatic heterocycles. The highest BCUT2D eigenvalue weighted by atomic mass is 32.2. The Morgan fingerprint density at radius 1 is 1.13 bits per heavy atom. The van der Waals surface area contributed by atoms with Crippen LogP contribution in [-0.4, -0.2) is 39.8 Å². The highest BCUT2D eigenvalue weighted by molar-refractivity contribution is 7.92. The number of carbonyl (C=O) groups excluding carboxylic acids is 1. The van der Waals surface area contributed by atoms with Crippen LogP contribution in [0, 0.1) is 5.82 Å². The molecular formula is C23H31FN2O4S. The van der Waals surface area contributed by atoms with Crippen molar-refractivity contribution in [3.8, 4) is 5.75 Å². The van der Waals surface area contributed by atoms with E-state index in [9.17, 15) is 17.6 Å². The van der Waals surface area contributed by atoms with E-state index in [1.807, 2.05) is 24.3 Å². The van der Waals surface area contributed by atoms with Gasteiger partial charge in [0.15, 0.2) is 0 Å². The number of nitrogens with one attached hydrogen (secondary N) is 1. The number of nitrogens with zero attached hydrogens (tertiary/aromatic N) is 1. The summed E-state index contributed by atoms with van der Waals surface area (Å²) in [6.07, 6.45) is 1.14. The zero-order chi connectivity index (χ0) is 23.2. The Balaban J connectivity index is 2.09. The largest absolute Gasteiger partial charge is 0.491 e. The van der Waals surface area contributed by atoms with E-state index in [4.69, 9.17) is 4.74 Å². The summed E-state index contributed by atoms with van der Waals surface area (Å²) in [4.78, 5) is 12.8. The standard InChI is InChI=1S/C23H31FN2O4S/c1-6-19(26(31(5,28)29)20-13-9-8-12-18(20)24)22(27)25-15-16-30-21-14-10-7-11-17(21)23(2,3)4/h7-14,19H,6,15-16H2,1-5H3,(H,25,27)/t19-/m0/s1. The summed E-state index contributed by atoms with van der Waals surface area (Å²) in [6.45, 7) is 8.35. The maximum absolute atomic E-state index is 14.3. The number of para-hydroxylation sites is 2. The van der Waals surface area contributed by atoms with Crippen molar-refractivity contribution in [1.82, 2.24) is 5.32 Å². The van der Waals surface area contributed by atoms with Crippen LogP contribution in [0.2, 0.25) is 0 Å². The molecule has 1 amide bonds. The topological polar surface area (TPSA) is 75.7 Å². The molecule has 170 valence electrons. The fourth-order valence-electron chi connectivity index (χ4n) is 3.33. The maximum Gasteiger partial charge on any atom is 0.244 e. The normalized spacial score (nSPS) is 12.8. The van der Waals surface area contributed by atoms with Crippen LogP contribution >= 0.6 is 0 Å². The van der Waals surface area contributed by atoms with Crippen molar-refractivity contribution in [2.75, 3.05) is 23.7 Å². The minimum absolute atomic E-state index is 0.0944. The predicted octanol–water partition coefficient (Wildman–Crippen LogP) is 3.86. The predicted molar refractivity (Wildman–Crippen MR) is 121 cm³/mol. The molecule has 0 aliphatic rings. The number of hydrogen-bond donors (Lipinski definition) is 1. The van der Waals surface area contributed by atoms with Gasteiger partial charge in [0.25, 0.3) is 0 Å². The lowest BCUT2D eigenvalue weighted by molar-refractivity contribution is -0.122. The molecule has 0 saturated carbocycles. The quantitative estimate of drug-likeness (QED) is 0.589. The monoisotopic (exact) mass is 450 g/mol. The number of rotatable bonds is 9. The van der Waals surface area contributed by atoms with Crippen molar-refractivity contribution >= 4 is 21.6 Å². The second kappa shape index (κ2) is 10.1. The van der Waals surface area contributed by atoms with Gasteiger partial charge in [0.05, 0.1) is 18.5 Å². The van der Waals surface area contributed by atoms with Gasteiger partial charge in [-0.25, -0.2) is 12.8 Å². The van der Waals surface area contributed by atoms with E-state index in [-0.39, 0.29) is 30.7 Å². The van der Waals surface area contributed by atoms with Crippen LogP contribution < -0.4 is 14.4 Å². The first kappa shape index (κ1) is 24.7.